The van der Waals surface area contributed by atoms with E-state index < -0.39 is 0 Å². The van der Waals surface area contributed by atoms with Crippen LogP contribution in [0.4, 0.5) is 0 Å². The summed E-state index contributed by atoms with van der Waals surface area (Å²) in [6.45, 7) is 3.55. The minimum absolute atomic E-state index is 0.544. The molecule has 2 rings (SSSR count). The van der Waals surface area contributed by atoms with Crippen LogP contribution in [0.3, 0.4) is 0 Å². The lowest BCUT2D eigenvalue weighted by molar-refractivity contribution is 0.306. The van der Waals surface area contributed by atoms with Crippen molar-refractivity contribution in [1.82, 2.24) is 5.32 Å². The van der Waals surface area contributed by atoms with Crippen molar-refractivity contribution in [3.63, 3.8) is 0 Å². The van der Waals surface area contributed by atoms with Gasteiger partial charge in [-0.05, 0) is 38.2 Å². The molecular formula is C14H15BrClNOS. The van der Waals surface area contributed by atoms with E-state index in [0.717, 1.165) is 11.0 Å². The Hall–Kier alpha value is -0.550. The molecule has 102 valence electrons. The zero-order valence-electron chi connectivity index (χ0n) is 10.8. The third-order valence-electron chi connectivity index (χ3n) is 2.70. The van der Waals surface area contributed by atoms with Crippen LogP contribution in [0.25, 0.3) is 0 Å². The van der Waals surface area contributed by atoms with E-state index in [1.807, 2.05) is 25.2 Å². The van der Waals surface area contributed by atoms with Crippen molar-refractivity contribution in [2.75, 3.05) is 7.05 Å². The highest BCUT2D eigenvalue weighted by molar-refractivity contribution is 9.10. The summed E-state index contributed by atoms with van der Waals surface area (Å²) in [7, 11) is 1.95. The number of rotatable bonds is 5. The second-order valence-corrected chi connectivity index (χ2v) is 6.85. The fourth-order valence-corrected chi connectivity index (χ4v) is 3.31. The number of hydrogen-bond donors (Lipinski definition) is 1. The van der Waals surface area contributed by atoms with Gasteiger partial charge in [-0.1, -0.05) is 27.5 Å². The van der Waals surface area contributed by atoms with Crippen molar-refractivity contribution in [1.29, 1.82) is 0 Å². The lowest BCUT2D eigenvalue weighted by Gasteiger charge is -2.08. The first-order valence-electron chi connectivity index (χ1n) is 5.91. The van der Waals surface area contributed by atoms with E-state index in [-0.39, 0.29) is 0 Å². The van der Waals surface area contributed by atoms with Gasteiger partial charge >= 0.3 is 0 Å². The van der Waals surface area contributed by atoms with Crippen molar-refractivity contribution in [2.24, 2.45) is 0 Å². The molecule has 1 aromatic heterocycles. The molecule has 2 nitrogen and oxygen atoms in total. The molecule has 0 aliphatic heterocycles. The zero-order chi connectivity index (χ0) is 13.8. The number of halogens is 2. The Morgan fingerprint density at radius 3 is 2.89 bits per heavy atom. The van der Waals surface area contributed by atoms with Gasteiger partial charge in [0.1, 0.15) is 12.4 Å². The van der Waals surface area contributed by atoms with E-state index in [1.165, 1.54) is 15.3 Å². The third kappa shape index (κ3) is 3.96. The van der Waals surface area contributed by atoms with Crippen molar-refractivity contribution < 1.29 is 4.74 Å². The van der Waals surface area contributed by atoms with Crippen LogP contribution in [0.2, 0.25) is 5.02 Å². The minimum Gasteiger partial charge on any atom is -0.487 e. The first-order chi connectivity index (χ1) is 9.10. The number of thiophene rings is 1. The Morgan fingerprint density at radius 1 is 1.37 bits per heavy atom. The summed E-state index contributed by atoms with van der Waals surface area (Å²) in [5.41, 5.74) is 1.21. The predicted molar refractivity (Wildman–Crippen MR) is 85.3 cm³/mol. The number of ether oxygens (including phenoxy) is 1. The molecule has 0 fully saturated rings. The summed E-state index contributed by atoms with van der Waals surface area (Å²) in [5.74, 6) is 0.705. The van der Waals surface area contributed by atoms with Gasteiger partial charge < -0.3 is 10.1 Å². The highest BCUT2D eigenvalue weighted by atomic mass is 79.9. The molecule has 19 heavy (non-hydrogen) atoms. The van der Waals surface area contributed by atoms with Crippen LogP contribution in [0, 0.1) is 6.92 Å². The summed E-state index contributed by atoms with van der Waals surface area (Å²) in [6, 6.07) is 7.80. The first-order valence-corrected chi connectivity index (χ1v) is 7.89. The van der Waals surface area contributed by atoms with Crippen molar-refractivity contribution in [3.05, 3.63) is 49.1 Å². The maximum absolute atomic E-state index is 6.10. The van der Waals surface area contributed by atoms with E-state index in [0.29, 0.717) is 17.4 Å². The molecule has 0 unspecified atom stereocenters. The normalized spacial score (nSPS) is 10.7. The zero-order valence-corrected chi connectivity index (χ0v) is 14.0. The van der Waals surface area contributed by atoms with Gasteiger partial charge in [0.2, 0.25) is 0 Å². The molecule has 0 saturated heterocycles. The van der Waals surface area contributed by atoms with Gasteiger partial charge in [-0.3, -0.25) is 0 Å². The number of hydrogen-bond acceptors (Lipinski definition) is 3. The second kappa shape index (κ2) is 6.75. The monoisotopic (exact) mass is 359 g/mol. The lowest BCUT2D eigenvalue weighted by atomic mass is 10.2. The van der Waals surface area contributed by atoms with E-state index >= 15 is 0 Å². The van der Waals surface area contributed by atoms with Gasteiger partial charge in [-0.25, -0.2) is 0 Å². The van der Waals surface area contributed by atoms with Crippen LogP contribution < -0.4 is 10.1 Å². The summed E-state index contributed by atoms with van der Waals surface area (Å²) < 4.78 is 6.76. The first kappa shape index (κ1) is 14.9. The van der Waals surface area contributed by atoms with Crippen molar-refractivity contribution in [3.8, 4) is 5.75 Å². The number of nitrogens with one attached hydrogen (secondary N) is 1. The molecule has 0 bridgehead atoms. The number of benzene rings is 1. The third-order valence-corrected chi connectivity index (χ3v) is 4.60. The molecule has 1 N–H and O–H groups in total. The summed E-state index contributed by atoms with van der Waals surface area (Å²) >= 11 is 11.3. The summed E-state index contributed by atoms with van der Waals surface area (Å²) in [4.78, 5) is 2.61. The molecule has 5 heteroatoms. The smallest absolute Gasteiger partial charge is 0.139 e. The van der Waals surface area contributed by atoms with E-state index in [4.69, 9.17) is 16.3 Å². The highest BCUT2D eigenvalue weighted by Crippen LogP contribution is 2.30. The van der Waals surface area contributed by atoms with Gasteiger partial charge in [-0.15, -0.1) is 11.3 Å². The molecule has 0 saturated carbocycles. The van der Waals surface area contributed by atoms with Gasteiger partial charge in [0.15, 0.2) is 0 Å². The average Bonchev–Trinajstić information content (AvgIpc) is 2.71. The van der Waals surface area contributed by atoms with Crippen LogP contribution in [0.15, 0.2) is 28.7 Å². The largest absolute Gasteiger partial charge is 0.487 e. The van der Waals surface area contributed by atoms with E-state index in [1.54, 1.807) is 11.3 Å². The quantitative estimate of drug-likeness (QED) is 0.829. The summed E-state index contributed by atoms with van der Waals surface area (Å²) in [6.07, 6.45) is 0. The minimum atomic E-state index is 0.544. The van der Waals surface area contributed by atoms with Crippen molar-refractivity contribution >= 4 is 38.9 Å². The standard InChI is InChI=1S/C14H15BrClNOS/c1-9-10(5-12(19-9)7-17-2)8-18-14-6-11(15)3-4-13(14)16/h3-6,17H,7-8H2,1-2H3. The fraction of sp³-hybridized carbons (Fsp3) is 0.286. The molecule has 0 aliphatic rings. The van der Waals surface area contributed by atoms with Crippen LogP contribution in [0.1, 0.15) is 15.3 Å². The van der Waals surface area contributed by atoms with Gasteiger partial charge in [0.05, 0.1) is 5.02 Å². The average molecular weight is 361 g/mol. The van der Waals surface area contributed by atoms with Crippen LogP contribution in [-0.2, 0) is 13.2 Å². The Labute approximate surface area is 130 Å². The maximum Gasteiger partial charge on any atom is 0.139 e. The highest BCUT2D eigenvalue weighted by Gasteiger charge is 2.08. The lowest BCUT2D eigenvalue weighted by Crippen LogP contribution is -2.02. The molecule has 2 aromatic rings. The van der Waals surface area contributed by atoms with Gasteiger partial charge in [-0.2, -0.15) is 0 Å². The van der Waals surface area contributed by atoms with Crippen LogP contribution >= 0.6 is 38.9 Å². The predicted octanol–water partition coefficient (Wildman–Crippen LogP) is 4.77. The topological polar surface area (TPSA) is 21.3 Å². The van der Waals surface area contributed by atoms with Gasteiger partial charge in [0.25, 0.3) is 0 Å². The Kier molecular flexibility index (Phi) is 5.28. The molecule has 0 aliphatic carbocycles. The SMILES string of the molecule is CNCc1cc(COc2cc(Br)ccc2Cl)c(C)s1. The van der Waals surface area contributed by atoms with E-state index in [9.17, 15) is 0 Å². The molecular weight excluding hydrogens is 346 g/mol. The molecule has 1 aromatic carbocycles. The van der Waals surface area contributed by atoms with Gasteiger partial charge in [0, 0.05) is 26.3 Å². The molecule has 0 spiro atoms. The fourth-order valence-electron chi connectivity index (χ4n) is 1.74. The Balaban J connectivity index is 2.07. The van der Waals surface area contributed by atoms with Crippen LogP contribution in [-0.4, -0.2) is 7.05 Å². The molecule has 1 heterocycles. The number of aryl methyl sites for hydroxylation is 1. The molecule has 0 radical (unpaired) electrons. The molecule has 0 amide bonds. The summed E-state index contributed by atoms with van der Waals surface area (Å²) in [5, 5.41) is 3.79. The van der Waals surface area contributed by atoms with E-state index in [2.05, 4.69) is 34.2 Å². The molecule has 0 atom stereocenters. The second-order valence-electron chi connectivity index (χ2n) is 4.19. The van der Waals surface area contributed by atoms with Crippen molar-refractivity contribution in [2.45, 2.75) is 20.1 Å². The Bertz CT molecular complexity index is 571. The Morgan fingerprint density at radius 2 is 2.16 bits per heavy atom. The van der Waals surface area contributed by atoms with Crippen LogP contribution in [0.5, 0.6) is 5.75 Å². The maximum atomic E-state index is 6.10.